The summed E-state index contributed by atoms with van der Waals surface area (Å²) in [6.45, 7) is 5.80. The lowest BCUT2D eigenvalue weighted by Gasteiger charge is -2.26. The molecule has 2 rings (SSSR count). The molecule has 0 aliphatic rings. The number of sulfonamides is 1. The molecule has 3 nitrogen and oxygen atoms in total. The molecule has 0 atom stereocenters. The first-order valence-electron chi connectivity index (χ1n) is 7.37. The summed E-state index contributed by atoms with van der Waals surface area (Å²) in [7, 11) is -3.38. The summed E-state index contributed by atoms with van der Waals surface area (Å²) in [6.07, 6.45) is 0.654. The van der Waals surface area contributed by atoms with Crippen LogP contribution < -0.4 is 4.72 Å². The summed E-state index contributed by atoms with van der Waals surface area (Å²) in [6, 6.07) is 17.5. The summed E-state index contributed by atoms with van der Waals surface area (Å²) < 4.78 is 27.6. The van der Waals surface area contributed by atoms with Gasteiger partial charge in [0.2, 0.25) is 10.0 Å². The Morgan fingerprint density at radius 1 is 0.909 bits per heavy atom. The van der Waals surface area contributed by atoms with Crippen molar-refractivity contribution in [3.8, 4) is 0 Å². The van der Waals surface area contributed by atoms with E-state index in [1.54, 1.807) is 0 Å². The van der Waals surface area contributed by atoms with Gasteiger partial charge in [-0.25, -0.2) is 13.1 Å². The van der Waals surface area contributed by atoms with Crippen molar-refractivity contribution in [2.75, 3.05) is 0 Å². The van der Waals surface area contributed by atoms with Gasteiger partial charge in [-0.1, -0.05) is 60.2 Å². The largest absolute Gasteiger partial charge is 0.216 e. The molecule has 2 aromatic carbocycles. The second-order valence-electron chi connectivity index (χ2n) is 6.39. The Labute approximate surface area is 133 Å². The van der Waals surface area contributed by atoms with Gasteiger partial charge in [0.05, 0.1) is 5.75 Å². The van der Waals surface area contributed by atoms with Crippen molar-refractivity contribution in [2.24, 2.45) is 0 Å². The molecule has 0 bridgehead atoms. The Morgan fingerprint density at radius 2 is 1.50 bits per heavy atom. The Kier molecular flexibility index (Phi) is 5.04. The smallest absolute Gasteiger partial charge is 0.212 e. The van der Waals surface area contributed by atoms with Crippen molar-refractivity contribution in [3.63, 3.8) is 0 Å². The maximum atomic E-state index is 12.4. The fraction of sp³-hybridized carbons (Fsp3) is 0.333. The van der Waals surface area contributed by atoms with Gasteiger partial charge in [0.25, 0.3) is 0 Å². The van der Waals surface area contributed by atoms with Crippen molar-refractivity contribution >= 4 is 10.0 Å². The third kappa shape index (κ3) is 5.28. The van der Waals surface area contributed by atoms with Gasteiger partial charge >= 0.3 is 0 Å². The van der Waals surface area contributed by atoms with Gasteiger partial charge in [0.1, 0.15) is 0 Å². The number of hydrogen-bond acceptors (Lipinski definition) is 2. The normalized spacial score (nSPS) is 12.3. The first-order chi connectivity index (χ1) is 10.3. The molecule has 0 aromatic heterocycles. The summed E-state index contributed by atoms with van der Waals surface area (Å²) in [5.74, 6) is 0.00546. The molecule has 0 saturated carbocycles. The summed E-state index contributed by atoms with van der Waals surface area (Å²) in [5, 5.41) is 0. The van der Waals surface area contributed by atoms with Gasteiger partial charge in [-0.05, 0) is 38.3 Å². The second-order valence-corrected chi connectivity index (χ2v) is 8.12. The minimum Gasteiger partial charge on any atom is -0.212 e. The van der Waals surface area contributed by atoms with E-state index in [9.17, 15) is 8.42 Å². The highest BCUT2D eigenvalue weighted by molar-refractivity contribution is 7.88. The predicted molar refractivity (Wildman–Crippen MR) is 91.2 cm³/mol. The molecule has 1 N–H and O–H groups in total. The number of nitrogens with one attached hydrogen (secondary N) is 1. The highest BCUT2D eigenvalue weighted by Crippen LogP contribution is 2.15. The fourth-order valence-electron chi connectivity index (χ4n) is 2.50. The van der Waals surface area contributed by atoms with Gasteiger partial charge in [0, 0.05) is 5.54 Å². The third-order valence-electron chi connectivity index (χ3n) is 3.40. The van der Waals surface area contributed by atoms with Crippen LogP contribution in [0.25, 0.3) is 0 Å². The molecule has 0 aliphatic carbocycles. The molecule has 4 heteroatoms. The molecule has 0 radical (unpaired) electrons. The molecule has 0 saturated heterocycles. The third-order valence-corrected chi connectivity index (χ3v) is 4.97. The lowest BCUT2D eigenvalue weighted by molar-refractivity contribution is 0.450. The molecule has 0 spiro atoms. The predicted octanol–water partition coefficient (Wildman–Crippen LogP) is 3.44. The van der Waals surface area contributed by atoms with Gasteiger partial charge < -0.3 is 0 Å². The zero-order chi connectivity index (χ0) is 16.2. The lowest BCUT2D eigenvalue weighted by atomic mass is 9.96. The molecule has 0 fully saturated rings. The van der Waals surface area contributed by atoms with Crippen molar-refractivity contribution in [1.29, 1.82) is 0 Å². The summed E-state index contributed by atoms with van der Waals surface area (Å²) in [5.41, 5.74) is 2.52. The van der Waals surface area contributed by atoms with Crippen molar-refractivity contribution < 1.29 is 8.42 Å². The Balaban J connectivity index is 2.05. The van der Waals surface area contributed by atoms with Crippen LogP contribution in [-0.4, -0.2) is 14.0 Å². The van der Waals surface area contributed by atoms with Gasteiger partial charge in [-0.15, -0.1) is 0 Å². The van der Waals surface area contributed by atoms with Crippen LogP contribution in [0.15, 0.2) is 54.6 Å². The van der Waals surface area contributed by atoms with Crippen LogP contribution in [0.5, 0.6) is 0 Å². The highest BCUT2D eigenvalue weighted by Gasteiger charge is 2.25. The maximum absolute atomic E-state index is 12.4. The van der Waals surface area contributed by atoms with E-state index in [4.69, 9.17) is 0 Å². The van der Waals surface area contributed by atoms with E-state index in [2.05, 4.69) is 4.72 Å². The van der Waals surface area contributed by atoms with E-state index in [1.165, 1.54) is 0 Å². The number of benzene rings is 2. The molecule has 118 valence electrons. The second kappa shape index (κ2) is 6.63. The molecular formula is C18H23NO2S. The van der Waals surface area contributed by atoms with Gasteiger partial charge in [-0.2, -0.15) is 0 Å². The van der Waals surface area contributed by atoms with Crippen LogP contribution in [0, 0.1) is 6.92 Å². The minimum atomic E-state index is -3.38. The SMILES string of the molecule is Cc1ccc(CS(=O)(=O)NC(C)(C)Cc2ccccc2)cc1. The number of rotatable bonds is 6. The Morgan fingerprint density at radius 3 is 2.09 bits per heavy atom. The van der Waals surface area contributed by atoms with E-state index in [0.717, 1.165) is 16.7 Å². The minimum absolute atomic E-state index is 0.00546. The van der Waals surface area contributed by atoms with Crippen LogP contribution in [0.4, 0.5) is 0 Å². The molecule has 0 amide bonds. The van der Waals surface area contributed by atoms with Crippen molar-refractivity contribution in [1.82, 2.24) is 4.72 Å². The van der Waals surface area contributed by atoms with Crippen molar-refractivity contribution in [2.45, 2.75) is 38.5 Å². The van der Waals surface area contributed by atoms with E-state index >= 15 is 0 Å². The first-order valence-corrected chi connectivity index (χ1v) is 9.02. The molecule has 2 aromatic rings. The van der Waals surface area contributed by atoms with Crippen LogP contribution in [0.1, 0.15) is 30.5 Å². The van der Waals surface area contributed by atoms with E-state index < -0.39 is 15.6 Å². The van der Waals surface area contributed by atoms with E-state index in [-0.39, 0.29) is 5.75 Å². The van der Waals surface area contributed by atoms with Crippen LogP contribution in [0.2, 0.25) is 0 Å². The standard InChI is InChI=1S/C18H23NO2S/c1-15-9-11-17(12-10-15)14-22(20,21)19-18(2,3)13-16-7-5-4-6-8-16/h4-12,19H,13-14H2,1-3H3. The monoisotopic (exact) mass is 317 g/mol. The average Bonchev–Trinajstić information content (AvgIpc) is 2.40. The van der Waals surface area contributed by atoms with Gasteiger partial charge in [0.15, 0.2) is 0 Å². The molecule has 0 unspecified atom stereocenters. The summed E-state index contributed by atoms with van der Waals surface area (Å²) >= 11 is 0. The summed E-state index contributed by atoms with van der Waals surface area (Å²) in [4.78, 5) is 0. The topological polar surface area (TPSA) is 46.2 Å². The van der Waals surface area contributed by atoms with Crippen molar-refractivity contribution in [3.05, 3.63) is 71.3 Å². The Hall–Kier alpha value is -1.65. The average molecular weight is 317 g/mol. The molecule has 22 heavy (non-hydrogen) atoms. The Bertz CT molecular complexity index is 705. The van der Waals surface area contributed by atoms with Crippen LogP contribution in [-0.2, 0) is 22.2 Å². The number of hydrogen-bond donors (Lipinski definition) is 1. The first kappa shape index (κ1) is 16.7. The lowest BCUT2D eigenvalue weighted by Crippen LogP contribution is -2.45. The zero-order valence-corrected chi connectivity index (χ0v) is 14.2. The van der Waals surface area contributed by atoms with Crippen LogP contribution >= 0.6 is 0 Å². The highest BCUT2D eigenvalue weighted by atomic mass is 32.2. The quantitative estimate of drug-likeness (QED) is 0.887. The van der Waals surface area contributed by atoms with Gasteiger partial charge in [-0.3, -0.25) is 0 Å². The van der Waals surface area contributed by atoms with Crippen LogP contribution in [0.3, 0.4) is 0 Å². The zero-order valence-electron chi connectivity index (χ0n) is 13.3. The number of aryl methyl sites for hydroxylation is 1. The fourth-order valence-corrected chi connectivity index (χ4v) is 4.12. The van der Waals surface area contributed by atoms with E-state index in [1.807, 2.05) is 75.4 Å². The maximum Gasteiger partial charge on any atom is 0.216 e. The molecule has 0 aliphatic heterocycles. The van der Waals surface area contributed by atoms with E-state index in [0.29, 0.717) is 6.42 Å². The molecule has 0 heterocycles. The molecular weight excluding hydrogens is 294 g/mol.